The Hall–Kier alpha value is -4.41. The lowest BCUT2D eigenvalue weighted by molar-refractivity contribution is -0.124. The molecule has 35 heavy (non-hydrogen) atoms. The van der Waals surface area contributed by atoms with E-state index >= 15 is 4.39 Å². The summed E-state index contributed by atoms with van der Waals surface area (Å²) in [6.07, 6.45) is 0.885. The van der Waals surface area contributed by atoms with Crippen LogP contribution >= 0.6 is 0 Å². The lowest BCUT2D eigenvalue weighted by Crippen LogP contribution is -2.49. The number of carbonyl (C=O) groups excluding carboxylic acids is 2. The maximum absolute atomic E-state index is 15.1. The molecule has 2 heterocycles. The van der Waals surface area contributed by atoms with Crippen LogP contribution in [0.15, 0.2) is 57.8 Å². The summed E-state index contributed by atoms with van der Waals surface area (Å²) in [4.78, 5) is 37.5. The van der Waals surface area contributed by atoms with Crippen LogP contribution in [0, 0.1) is 5.82 Å². The summed E-state index contributed by atoms with van der Waals surface area (Å²) in [5.74, 6) is -1.49. The molecule has 0 spiro atoms. The number of carbonyl (C=O) groups is 2. The third-order valence-electron chi connectivity index (χ3n) is 6.12. The van der Waals surface area contributed by atoms with E-state index in [2.05, 4.69) is 20.9 Å². The molecule has 2 amide bonds. The van der Waals surface area contributed by atoms with Crippen LogP contribution in [0.3, 0.4) is 0 Å². The van der Waals surface area contributed by atoms with Crippen LogP contribution in [-0.4, -0.2) is 39.4 Å². The highest BCUT2D eigenvalue weighted by molar-refractivity contribution is 5.99. The molecule has 180 valence electrons. The zero-order valence-corrected chi connectivity index (χ0v) is 18.9. The van der Waals surface area contributed by atoms with Gasteiger partial charge in [-0.3, -0.25) is 24.2 Å². The number of hydrogen-bond acceptors (Lipinski definition) is 6. The Morgan fingerprint density at radius 2 is 2.00 bits per heavy atom. The molecule has 1 aliphatic carbocycles. The zero-order chi connectivity index (χ0) is 24.7. The number of fused-ring (bicyclic) bond motifs is 1. The van der Waals surface area contributed by atoms with Crippen LogP contribution in [0.4, 0.5) is 4.39 Å². The number of aromatic nitrogens is 3. The van der Waals surface area contributed by atoms with Gasteiger partial charge in [-0.1, -0.05) is 18.2 Å². The van der Waals surface area contributed by atoms with Crippen LogP contribution in [0.25, 0.3) is 16.6 Å². The summed E-state index contributed by atoms with van der Waals surface area (Å²) < 4.78 is 26.4. The van der Waals surface area contributed by atoms with Crippen LogP contribution in [0.1, 0.15) is 41.9 Å². The van der Waals surface area contributed by atoms with Crippen molar-refractivity contribution in [2.24, 2.45) is 0 Å². The molecule has 0 bridgehead atoms. The van der Waals surface area contributed by atoms with Gasteiger partial charge in [-0.25, -0.2) is 4.39 Å². The highest BCUT2D eigenvalue weighted by atomic mass is 19.1. The Kier molecular flexibility index (Phi) is 5.39. The second-order valence-corrected chi connectivity index (χ2v) is 8.46. The van der Waals surface area contributed by atoms with Crippen molar-refractivity contribution in [3.8, 4) is 11.6 Å². The molecular weight excluding hydrogens is 457 g/mol. The van der Waals surface area contributed by atoms with Gasteiger partial charge >= 0.3 is 0 Å². The van der Waals surface area contributed by atoms with Gasteiger partial charge in [0.15, 0.2) is 0 Å². The third-order valence-corrected chi connectivity index (χ3v) is 6.12. The number of aromatic amines is 1. The zero-order valence-electron chi connectivity index (χ0n) is 18.9. The molecule has 0 aliphatic heterocycles. The molecule has 0 unspecified atom stereocenters. The highest BCUT2D eigenvalue weighted by Gasteiger charge is 2.52. The van der Waals surface area contributed by atoms with E-state index in [1.54, 1.807) is 43.3 Å². The standard InChI is InChI=1S/C24H22FN5O5/c1-13(26-23(33)24(9-10-24)27-22(32)19-12-20(34-2)29-35-19)15-8-7-14(11-17(15)25)30-18-6-4-3-5-16(18)21(31)28-30/h3-8,11-13H,9-10H2,1-2H3,(H,26,33)(H,27,32)(H,28,31)/t13-/m1/s1. The fraction of sp³-hybridized carbons (Fsp3) is 0.250. The smallest absolute Gasteiger partial charge is 0.290 e. The number of benzene rings is 2. The molecule has 1 aliphatic rings. The first kappa shape index (κ1) is 22.4. The highest BCUT2D eigenvalue weighted by Crippen LogP contribution is 2.37. The topological polar surface area (TPSA) is 131 Å². The molecule has 1 saturated carbocycles. The molecule has 5 rings (SSSR count). The molecule has 4 aromatic rings. The maximum Gasteiger partial charge on any atom is 0.290 e. The number of ether oxygens (including phenoxy) is 1. The summed E-state index contributed by atoms with van der Waals surface area (Å²) in [5, 5.41) is 12.2. The summed E-state index contributed by atoms with van der Waals surface area (Å²) in [6, 6.07) is 12.2. The number of nitrogens with zero attached hydrogens (tertiary/aromatic N) is 2. The van der Waals surface area contributed by atoms with Gasteiger partial charge in [0.1, 0.15) is 11.4 Å². The molecule has 2 aromatic carbocycles. The van der Waals surface area contributed by atoms with Crippen molar-refractivity contribution < 1.29 is 23.2 Å². The Balaban J connectivity index is 1.30. The largest absolute Gasteiger partial charge is 0.479 e. The number of methoxy groups -OCH3 is 1. The number of nitrogens with one attached hydrogen (secondary N) is 3. The van der Waals surface area contributed by atoms with Crippen LogP contribution in [0.5, 0.6) is 5.88 Å². The molecule has 10 nitrogen and oxygen atoms in total. The van der Waals surface area contributed by atoms with E-state index in [0.717, 1.165) is 0 Å². The van der Waals surface area contributed by atoms with Gasteiger partial charge in [0, 0.05) is 5.56 Å². The molecule has 3 N–H and O–H groups in total. The van der Waals surface area contributed by atoms with Crippen molar-refractivity contribution in [2.45, 2.75) is 31.3 Å². The van der Waals surface area contributed by atoms with Crippen molar-refractivity contribution >= 4 is 22.7 Å². The number of rotatable bonds is 7. The Morgan fingerprint density at radius 3 is 2.69 bits per heavy atom. The van der Waals surface area contributed by atoms with Crippen molar-refractivity contribution in [1.82, 2.24) is 25.6 Å². The van der Waals surface area contributed by atoms with Crippen LogP contribution in [-0.2, 0) is 4.79 Å². The minimum atomic E-state index is -1.09. The van der Waals surface area contributed by atoms with Crippen molar-refractivity contribution in [3.63, 3.8) is 0 Å². The first-order valence-corrected chi connectivity index (χ1v) is 10.9. The minimum absolute atomic E-state index is 0.0776. The first-order valence-electron chi connectivity index (χ1n) is 10.9. The van der Waals surface area contributed by atoms with E-state index in [9.17, 15) is 14.4 Å². The molecule has 2 aromatic heterocycles. The molecule has 0 saturated heterocycles. The fourth-order valence-corrected chi connectivity index (χ4v) is 3.98. The fourth-order valence-electron chi connectivity index (χ4n) is 3.98. The minimum Gasteiger partial charge on any atom is -0.479 e. The molecule has 0 radical (unpaired) electrons. The maximum atomic E-state index is 15.1. The molecule has 1 atom stereocenters. The summed E-state index contributed by atoms with van der Waals surface area (Å²) in [5.41, 5.74) is -0.0294. The Morgan fingerprint density at radius 1 is 1.23 bits per heavy atom. The van der Waals surface area contributed by atoms with Gasteiger partial charge in [0.05, 0.1) is 35.8 Å². The van der Waals surface area contributed by atoms with Crippen LogP contribution in [0.2, 0.25) is 0 Å². The predicted octanol–water partition coefficient (Wildman–Crippen LogP) is 2.59. The van der Waals surface area contributed by atoms with E-state index in [1.165, 1.54) is 23.9 Å². The lowest BCUT2D eigenvalue weighted by atomic mass is 10.1. The first-order chi connectivity index (χ1) is 16.8. The van der Waals surface area contributed by atoms with E-state index in [-0.39, 0.29) is 22.8 Å². The molecular formula is C24H22FN5O5. The van der Waals surface area contributed by atoms with E-state index in [1.807, 2.05) is 0 Å². The van der Waals surface area contributed by atoms with Crippen LogP contribution < -0.4 is 20.9 Å². The number of para-hydroxylation sites is 1. The number of amides is 2. The van der Waals surface area contributed by atoms with E-state index in [0.29, 0.717) is 29.4 Å². The second kappa shape index (κ2) is 8.42. The number of hydrogen-bond donors (Lipinski definition) is 3. The Bertz CT molecular complexity index is 1500. The van der Waals surface area contributed by atoms with Gasteiger partial charge in [0.25, 0.3) is 17.3 Å². The number of halogens is 1. The normalized spacial score (nSPS) is 14.9. The summed E-state index contributed by atoms with van der Waals surface area (Å²) in [6.45, 7) is 1.65. The van der Waals surface area contributed by atoms with Crippen molar-refractivity contribution in [3.05, 3.63) is 76.0 Å². The summed E-state index contributed by atoms with van der Waals surface area (Å²) in [7, 11) is 1.39. The number of H-pyrrole nitrogens is 1. The average Bonchev–Trinajstić information content (AvgIpc) is 3.33. The SMILES string of the molecule is COc1cc(C(=O)NC2(C(=O)N[C@H](C)c3ccc(-n4[nH]c(=O)c5ccccc54)cc3F)CC2)on1. The molecule has 1 fully saturated rings. The van der Waals surface area contributed by atoms with E-state index in [4.69, 9.17) is 9.26 Å². The average molecular weight is 479 g/mol. The quantitative estimate of drug-likeness (QED) is 0.373. The third kappa shape index (κ3) is 4.05. The Labute approximate surface area is 198 Å². The molecule has 11 heteroatoms. The van der Waals surface area contributed by atoms with Gasteiger partial charge in [-0.05, 0) is 49.2 Å². The van der Waals surface area contributed by atoms with E-state index < -0.39 is 29.2 Å². The van der Waals surface area contributed by atoms with Gasteiger partial charge in [0.2, 0.25) is 11.7 Å². The van der Waals surface area contributed by atoms with Crippen molar-refractivity contribution in [1.29, 1.82) is 0 Å². The summed E-state index contributed by atoms with van der Waals surface area (Å²) >= 11 is 0. The lowest BCUT2D eigenvalue weighted by Gasteiger charge is -2.21. The van der Waals surface area contributed by atoms with Gasteiger partial charge < -0.3 is 19.9 Å². The second-order valence-electron chi connectivity index (χ2n) is 8.46. The predicted molar refractivity (Wildman–Crippen MR) is 123 cm³/mol. The van der Waals surface area contributed by atoms with Gasteiger partial charge in [-0.2, -0.15) is 0 Å². The van der Waals surface area contributed by atoms with Gasteiger partial charge in [-0.15, -0.1) is 0 Å². The monoisotopic (exact) mass is 479 g/mol. The van der Waals surface area contributed by atoms with Crippen molar-refractivity contribution in [2.75, 3.05) is 7.11 Å².